The van der Waals surface area contributed by atoms with Gasteiger partial charge in [0.2, 0.25) is 5.95 Å². The quantitative estimate of drug-likeness (QED) is 0.687. The second-order valence-corrected chi connectivity index (χ2v) is 7.03. The average Bonchev–Trinajstić information content (AvgIpc) is 2.75. The third kappa shape index (κ3) is 6.37. The van der Waals surface area contributed by atoms with Gasteiger partial charge < -0.3 is 25.7 Å². The predicted octanol–water partition coefficient (Wildman–Crippen LogP) is 1.98. The van der Waals surface area contributed by atoms with Gasteiger partial charge in [-0.1, -0.05) is 0 Å². The minimum absolute atomic E-state index is 0.250. The van der Waals surface area contributed by atoms with E-state index in [0.29, 0.717) is 5.95 Å². The molecule has 9 heteroatoms. The highest BCUT2D eigenvalue weighted by Crippen LogP contribution is 2.30. The molecule has 0 unspecified atom stereocenters. The van der Waals surface area contributed by atoms with Crippen LogP contribution in [0.1, 0.15) is 52.4 Å². The summed E-state index contributed by atoms with van der Waals surface area (Å²) in [6.45, 7) is 7.92. The van der Waals surface area contributed by atoms with E-state index >= 15 is 0 Å². The number of hydrogen-bond donors (Lipinski definition) is 3. The van der Waals surface area contributed by atoms with Crippen LogP contribution >= 0.6 is 0 Å². The van der Waals surface area contributed by atoms with Crippen LogP contribution in [-0.4, -0.2) is 69.5 Å². The van der Waals surface area contributed by atoms with Crippen LogP contribution in [-0.2, 0) is 0 Å². The van der Waals surface area contributed by atoms with Gasteiger partial charge in [0.15, 0.2) is 11.6 Å². The molecule has 0 aliphatic carbocycles. The molecule has 0 radical (unpaired) electrons. The van der Waals surface area contributed by atoms with E-state index in [-0.39, 0.29) is 13.2 Å². The van der Waals surface area contributed by atoms with Gasteiger partial charge in [0, 0.05) is 39.4 Å². The van der Waals surface area contributed by atoms with Gasteiger partial charge in [0.1, 0.15) is 17.4 Å². The second-order valence-electron chi connectivity index (χ2n) is 7.03. The fraction of sp³-hybridized carbons (Fsp3) is 0.700. The molecule has 0 amide bonds. The van der Waals surface area contributed by atoms with E-state index in [1.165, 1.54) is 38.5 Å². The van der Waals surface area contributed by atoms with Crippen LogP contribution in [0, 0.1) is 0 Å². The topological polar surface area (TPSA) is 125 Å². The number of anilines is 3. The molecule has 0 atom stereocenters. The van der Waals surface area contributed by atoms with Crippen molar-refractivity contribution in [3.05, 3.63) is 6.33 Å². The number of hydrogen-bond acceptors (Lipinski definition) is 9. The molecule has 2 fully saturated rings. The van der Waals surface area contributed by atoms with Gasteiger partial charge in [-0.2, -0.15) is 4.98 Å². The van der Waals surface area contributed by atoms with Crippen molar-refractivity contribution in [3.8, 4) is 0 Å². The van der Waals surface area contributed by atoms with Crippen molar-refractivity contribution < 1.29 is 10.2 Å². The third-order valence-corrected chi connectivity index (χ3v) is 4.77. The lowest BCUT2D eigenvalue weighted by Crippen LogP contribution is -2.32. The third-order valence-electron chi connectivity index (χ3n) is 4.77. The number of aliphatic hydroxyl groups excluding tert-OH is 2. The van der Waals surface area contributed by atoms with Crippen molar-refractivity contribution >= 4 is 28.6 Å². The highest BCUT2D eigenvalue weighted by Gasteiger charge is 2.22. The Hall–Kier alpha value is -2.26. The number of rotatable bonds is 2. The SMILES string of the molecule is CCO.CCO.Nc1nc(N2CCCCC2)c2ncnc(N3CCCCC3)c2n1. The maximum Gasteiger partial charge on any atom is 0.222 e. The van der Waals surface area contributed by atoms with Crippen LogP contribution in [0.15, 0.2) is 6.33 Å². The number of aliphatic hydroxyl groups is 2. The van der Waals surface area contributed by atoms with Gasteiger partial charge in [0.25, 0.3) is 0 Å². The van der Waals surface area contributed by atoms with Crippen molar-refractivity contribution in [2.45, 2.75) is 52.4 Å². The summed E-state index contributed by atoms with van der Waals surface area (Å²) in [7, 11) is 0. The fourth-order valence-corrected chi connectivity index (χ4v) is 3.60. The Morgan fingerprint density at radius 3 is 1.76 bits per heavy atom. The molecule has 0 bridgehead atoms. The number of piperidine rings is 2. The maximum atomic E-state index is 7.57. The molecule has 2 saturated heterocycles. The molecule has 2 aromatic heterocycles. The summed E-state index contributed by atoms with van der Waals surface area (Å²) in [4.78, 5) is 22.6. The molecule has 2 aromatic rings. The number of nitrogens with zero attached hydrogens (tertiary/aromatic N) is 6. The van der Waals surface area contributed by atoms with Crippen LogP contribution in [0.4, 0.5) is 17.6 Å². The van der Waals surface area contributed by atoms with Crippen molar-refractivity contribution in [2.24, 2.45) is 0 Å². The summed E-state index contributed by atoms with van der Waals surface area (Å²) in [6, 6.07) is 0. The Labute approximate surface area is 173 Å². The van der Waals surface area contributed by atoms with Gasteiger partial charge in [-0.3, -0.25) is 0 Å². The normalized spacial score (nSPS) is 16.6. The van der Waals surface area contributed by atoms with Crippen LogP contribution in [0.2, 0.25) is 0 Å². The molecule has 9 nitrogen and oxygen atoms in total. The molecule has 2 aliphatic rings. The van der Waals surface area contributed by atoms with Crippen molar-refractivity contribution in [2.75, 3.05) is 54.9 Å². The zero-order chi connectivity index (χ0) is 21.1. The summed E-state index contributed by atoms with van der Waals surface area (Å²) in [6.07, 6.45) is 8.99. The molecule has 162 valence electrons. The standard InChI is InChI=1S/C16H23N7.2C2H6O/c17-16-20-13-12(15(21-16)23-9-5-2-6-10-23)18-11-19-14(13)22-7-3-1-4-8-22;2*1-2-3/h11H,1-10H2,(H2,17,20,21);2*3H,2H2,1H3. The Morgan fingerprint density at radius 1 is 0.759 bits per heavy atom. The Bertz CT molecular complexity index is 730. The van der Waals surface area contributed by atoms with Gasteiger partial charge in [-0.05, 0) is 52.4 Å². The summed E-state index contributed by atoms with van der Waals surface area (Å²) < 4.78 is 0. The summed E-state index contributed by atoms with van der Waals surface area (Å²) in [5.74, 6) is 2.08. The van der Waals surface area contributed by atoms with E-state index in [1.807, 2.05) is 0 Å². The molecular weight excluding hydrogens is 370 g/mol. The van der Waals surface area contributed by atoms with Gasteiger partial charge in [0.05, 0.1) is 0 Å². The highest BCUT2D eigenvalue weighted by molar-refractivity contribution is 5.93. The smallest absolute Gasteiger partial charge is 0.222 e. The van der Waals surface area contributed by atoms with E-state index < -0.39 is 0 Å². The monoisotopic (exact) mass is 405 g/mol. The fourth-order valence-electron chi connectivity index (χ4n) is 3.60. The van der Waals surface area contributed by atoms with E-state index in [1.54, 1.807) is 20.2 Å². The zero-order valence-electron chi connectivity index (χ0n) is 17.7. The van der Waals surface area contributed by atoms with Gasteiger partial charge >= 0.3 is 0 Å². The Kier molecular flexibility index (Phi) is 9.79. The predicted molar refractivity (Wildman–Crippen MR) is 117 cm³/mol. The lowest BCUT2D eigenvalue weighted by atomic mass is 10.1. The van der Waals surface area contributed by atoms with Crippen molar-refractivity contribution in [1.82, 2.24) is 19.9 Å². The minimum atomic E-state index is 0.250. The van der Waals surface area contributed by atoms with Crippen LogP contribution in [0.3, 0.4) is 0 Å². The van der Waals surface area contributed by atoms with Crippen molar-refractivity contribution in [1.29, 1.82) is 0 Å². The van der Waals surface area contributed by atoms with E-state index in [0.717, 1.165) is 48.8 Å². The lowest BCUT2D eigenvalue weighted by Gasteiger charge is -2.30. The van der Waals surface area contributed by atoms with E-state index in [2.05, 4.69) is 29.7 Å². The molecule has 2 aliphatic heterocycles. The van der Waals surface area contributed by atoms with Crippen LogP contribution < -0.4 is 15.5 Å². The first-order valence-electron chi connectivity index (χ1n) is 10.7. The number of nitrogen functional groups attached to an aromatic ring is 1. The van der Waals surface area contributed by atoms with Crippen LogP contribution in [0.25, 0.3) is 11.0 Å². The Balaban J connectivity index is 0.000000449. The van der Waals surface area contributed by atoms with E-state index in [9.17, 15) is 0 Å². The summed E-state index contributed by atoms with van der Waals surface area (Å²) >= 11 is 0. The number of fused-ring (bicyclic) bond motifs is 1. The molecule has 0 spiro atoms. The Morgan fingerprint density at radius 2 is 1.24 bits per heavy atom. The van der Waals surface area contributed by atoms with Crippen molar-refractivity contribution in [3.63, 3.8) is 0 Å². The van der Waals surface area contributed by atoms with Crippen LogP contribution in [0.5, 0.6) is 0 Å². The summed E-state index contributed by atoms with van der Waals surface area (Å²) in [5, 5.41) is 15.1. The van der Waals surface area contributed by atoms with E-state index in [4.69, 9.17) is 15.9 Å². The maximum absolute atomic E-state index is 7.57. The molecule has 0 aromatic carbocycles. The first-order chi connectivity index (χ1) is 14.2. The molecule has 4 rings (SSSR count). The number of aromatic nitrogens is 4. The number of nitrogens with two attached hydrogens (primary N) is 1. The highest BCUT2D eigenvalue weighted by atomic mass is 16.3. The minimum Gasteiger partial charge on any atom is -0.397 e. The average molecular weight is 406 g/mol. The molecular formula is C20H35N7O2. The first kappa shape index (κ1) is 23.0. The van der Waals surface area contributed by atoms with Gasteiger partial charge in [-0.15, -0.1) is 0 Å². The van der Waals surface area contributed by atoms with Gasteiger partial charge in [-0.25, -0.2) is 15.0 Å². The zero-order valence-corrected chi connectivity index (χ0v) is 17.7. The molecule has 4 N–H and O–H groups in total. The molecule has 4 heterocycles. The largest absolute Gasteiger partial charge is 0.397 e. The molecule has 29 heavy (non-hydrogen) atoms. The lowest BCUT2D eigenvalue weighted by molar-refractivity contribution is 0.318. The first-order valence-corrected chi connectivity index (χ1v) is 10.7. The second kappa shape index (κ2) is 12.3. The summed E-state index contributed by atoms with van der Waals surface area (Å²) in [5.41, 5.74) is 7.63. The molecule has 0 saturated carbocycles.